The normalized spacial score (nSPS) is 22.6. The number of hydroxylamine groups is 1. The van der Waals surface area contributed by atoms with Crippen molar-refractivity contribution in [3.05, 3.63) is 106 Å². The minimum absolute atomic E-state index is 0.0291. The lowest BCUT2D eigenvalue weighted by Gasteiger charge is -2.49. The number of aryl methyl sites for hydroxylation is 2. The predicted octanol–water partition coefficient (Wildman–Crippen LogP) is 4.73. The van der Waals surface area contributed by atoms with Gasteiger partial charge in [0.2, 0.25) is 0 Å². The summed E-state index contributed by atoms with van der Waals surface area (Å²) in [5, 5.41) is 13.0. The smallest absolute Gasteiger partial charge is 0.255 e. The Balaban J connectivity index is 1.57. The van der Waals surface area contributed by atoms with Gasteiger partial charge in [0.05, 0.1) is 25.2 Å². The third kappa shape index (κ3) is 5.82. The van der Waals surface area contributed by atoms with Crippen LogP contribution in [0.5, 0.6) is 0 Å². The van der Waals surface area contributed by atoms with Crippen molar-refractivity contribution in [3.8, 4) is 0 Å². The van der Waals surface area contributed by atoms with E-state index >= 15 is 0 Å². The van der Waals surface area contributed by atoms with Gasteiger partial charge in [-0.1, -0.05) is 85.1 Å². The molecule has 2 aliphatic rings. The monoisotopic (exact) mass is 541 g/mol. The quantitative estimate of drug-likeness (QED) is 0.341. The summed E-state index contributed by atoms with van der Waals surface area (Å²) in [5.74, 6) is -0.995. The van der Waals surface area contributed by atoms with Crippen LogP contribution in [0.3, 0.4) is 0 Å². The largest absolute Gasteiger partial charge is 0.395 e. The minimum Gasteiger partial charge on any atom is -0.395 e. The van der Waals surface area contributed by atoms with Crippen molar-refractivity contribution in [2.75, 3.05) is 13.2 Å². The lowest BCUT2D eigenvalue weighted by Crippen LogP contribution is -2.58. The number of benzene rings is 3. The topological polar surface area (TPSA) is 90.9 Å². The van der Waals surface area contributed by atoms with Gasteiger partial charge >= 0.3 is 0 Å². The summed E-state index contributed by atoms with van der Waals surface area (Å²) in [6, 6.07) is 22.8. The van der Waals surface area contributed by atoms with E-state index in [1.807, 2.05) is 66.4 Å². The number of nitrogens with zero attached hydrogens (tertiary/aromatic N) is 1. The molecule has 7 heteroatoms. The third-order valence-electron chi connectivity index (χ3n) is 8.26. The van der Waals surface area contributed by atoms with E-state index in [-0.39, 0.29) is 37.1 Å². The first-order valence-electron chi connectivity index (χ1n) is 14.3. The maximum absolute atomic E-state index is 14.4. The second-order valence-corrected chi connectivity index (χ2v) is 11.0. The number of nitrogens with one attached hydrogen (secondary N) is 2. The van der Waals surface area contributed by atoms with E-state index < -0.39 is 12.0 Å². The van der Waals surface area contributed by atoms with E-state index in [1.54, 1.807) is 0 Å². The van der Waals surface area contributed by atoms with Crippen molar-refractivity contribution in [1.29, 1.82) is 0 Å². The Kier molecular flexibility index (Phi) is 8.94. The van der Waals surface area contributed by atoms with Crippen LogP contribution in [-0.4, -0.2) is 47.1 Å². The molecule has 3 aromatic rings. The average Bonchev–Trinajstić information content (AvgIpc) is 2.97. The number of amides is 2. The van der Waals surface area contributed by atoms with Crippen LogP contribution < -0.4 is 10.8 Å². The Labute approximate surface area is 236 Å². The van der Waals surface area contributed by atoms with Crippen LogP contribution in [0.15, 0.2) is 72.8 Å². The highest BCUT2D eigenvalue weighted by atomic mass is 16.6. The molecule has 0 aromatic heterocycles. The molecule has 1 fully saturated rings. The first kappa shape index (κ1) is 28.0. The molecule has 40 heavy (non-hydrogen) atoms. The molecule has 3 aromatic carbocycles. The lowest BCUT2D eigenvalue weighted by molar-refractivity contribution is -0.138. The van der Waals surface area contributed by atoms with Crippen molar-refractivity contribution < 1.29 is 19.5 Å². The number of fused-ring (bicyclic) bond motifs is 1. The molecule has 4 unspecified atom stereocenters. The van der Waals surface area contributed by atoms with Gasteiger partial charge in [0.15, 0.2) is 0 Å². The van der Waals surface area contributed by atoms with Crippen molar-refractivity contribution >= 4 is 11.8 Å². The van der Waals surface area contributed by atoms with E-state index in [2.05, 4.69) is 35.9 Å². The summed E-state index contributed by atoms with van der Waals surface area (Å²) in [6.07, 6.45) is 3.80. The number of hydrogen-bond acceptors (Lipinski definition) is 5. The summed E-state index contributed by atoms with van der Waals surface area (Å²) >= 11 is 0. The van der Waals surface area contributed by atoms with Crippen molar-refractivity contribution in [1.82, 2.24) is 15.7 Å². The Morgan fingerprint density at radius 2 is 1.73 bits per heavy atom. The van der Waals surface area contributed by atoms with Crippen LogP contribution in [-0.2, 0) is 16.2 Å². The number of rotatable bonds is 9. The maximum Gasteiger partial charge on any atom is 0.255 e. The summed E-state index contributed by atoms with van der Waals surface area (Å²) in [6.45, 7) is 4.84. The summed E-state index contributed by atoms with van der Waals surface area (Å²) in [7, 11) is 0. The van der Waals surface area contributed by atoms with E-state index in [4.69, 9.17) is 4.84 Å². The molecule has 210 valence electrons. The molecule has 7 nitrogen and oxygen atoms in total. The van der Waals surface area contributed by atoms with Crippen LogP contribution >= 0.6 is 0 Å². The number of hydrogen-bond donors (Lipinski definition) is 3. The van der Waals surface area contributed by atoms with Gasteiger partial charge in [0.1, 0.15) is 0 Å². The Morgan fingerprint density at radius 1 is 0.975 bits per heavy atom. The molecule has 0 bridgehead atoms. The number of carbonyl (C=O) groups is 2. The van der Waals surface area contributed by atoms with E-state index in [1.165, 1.54) is 0 Å². The Hall–Kier alpha value is -3.52. The highest BCUT2D eigenvalue weighted by Crippen LogP contribution is 2.46. The van der Waals surface area contributed by atoms with Gasteiger partial charge in [-0.05, 0) is 55.0 Å². The fraction of sp³-hybridized carbons (Fsp3) is 0.394. The fourth-order valence-electron chi connectivity index (χ4n) is 6.45. The summed E-state index contributed by atoms with van der Waals surface area (Å²) < 4.78 is 0. The summed E-state index contributed by atoms with van der Waals surface area (Å²) in [4.78, 5) is 36.1. The Bertz CT molecular complexity index is 1330. The van der Waals surface area contributed by atoms with E-state index in [9.17, 15) is 14.7 Å². The van der Waals surface area contributed by atoms with Crippen LogP contribution in [0.25, 0.3) is 0 Å². The molecule has 0 saturated heterocycles. The SMILES string of the molecule is Cc1ccc(C2C(C(=O)NOCc3ccccc3)c3ccccc3C(=O)N2C2CCCCC2NCCO)c(C)c1. The van der Waals surface area contributed by atoms with Gasteiger partial charge in [0.25, 0.3) is 11.8 Å². The zero-order valence-electron chi connectivity index (χ0n) is 23.3. The van der Waals surface area contributed by atoms with Crippen molar-refractivity contribution in [3.63, 3.8) is 0 Å². The molecular weight excluding hydrogens is 502 g/mol. The van der Waals surface area contributed by atoms with Crippen molar-refractivity contribution in [2.24, 2.45) is 0 Å². The zero-order chi connectivity index (χ0) is 28.1. The second kappa shape index (κ2) is 12.8. The first-order chi connectivity index (χ1) is 19.5. The minimum atomic E-state index is -0.661. The summed E-state index contributed by atoms with van der Waals surface area (Å²) in [5.41, 5.74) is 8.08. The molecular formula is C33H39N3O4. The van der Waals surface area contributed by atoms with Gasteiger partial charge < -0.3 is 15.3 Å². The highest BCUT2D eigenvalue weighted by molar-refractivity contribution is 6.01. The maximum atomic E-state index is 14.4. The lowest BCUT2D eigenvalue weighted by atomic mass is 9.75. The molecule has 4 atom stereocenters. The fourth-order valence-corrected chi connectivity index (χ4v) is 6.45. The van der Waals surface area contributed by atoms with Crippen molar-refractivity contribution in [2.45, 2.75) is 70.2 Å². The number of carbonyl (C=O) groups excluding carboxylic acids is 2. The molecule has 1 saturated carbocycles. The van der Waals surface area contributed by atoms with Gasteiger partial charge in [0, 0.05) is 24.2 Å². The van der Waals surface area contributed by atoms with Crippen LogP contribution in [0.4, 0.5) is 0 Å². The molecule has 0 radical (unpaired) electrons. The molecule has 1 aliphatic carbocycles. The molecule has 0 spiro atoms. The standard InChI is InChI=1S/C33H39N3O4/c1-22-16-17-25(23(2)20-22)31-30(32(38)35-40-21-24-10-4-3-5-11-24)26-12-6-7-13-27(26)33(39)36(31)29-15-9-8-14-28(29)34-18-19-37/h3-7,10-13,16-17,20,28-31,34,37H,8-9,14-15,18-19,21H2,1-2H3,(H,35,38). The number of aliphatic hydroxyl groups excluding tert-OH is 1. The predicted molar refractivity (Wildman–Crippen MR) is 155 cm³/mol. The van der Waals surface area contributed by atoms with Crippen LogP contribution in [0.2, 0.25) is 0 Å². The van der Waals surface area contributed by atoms with Gasteiger partial charge in [-0.2, -0.15) is 0 Å². The molecule has 2 amide bonds. The molecule has 5 rings (SSSR count). The first-order valence-corrected chi connectivity index (χ1v) is 14.3. The molecule has 1 heterocycles. The van der Waals surface area contributed by atoms with E-state index in [0.29, 0.717) is 17.7 Å². The van der Waals surface area contributed by atoms with Gasteiger partial charge in [-0.15, -0.1) is 0 Å². The highest BCUT2D eigenvalue weighted by Gasteiger charge is 2.48. The second-order valence-electron chi connectivity index (χ2n) is 11.0. The van der Waals surface area contributed by atoms with Crippen LogP contribution in [0.1, 0.15) is 75.8 Å². The molecule has 3 N–H and O–H groups in total. The molecule has 1 aliphatic heterocycles. The van der Waals surface area contributed by atoms with Gasteiger partial charge in [-0.25, -0.2) is 5.48 Å². The Morgan fingerprint density at radius 3 is 2.50 bits per heavy atom. The third-order valence-corrected chi connectivity index (χ3v) is 8.26. The van der Waals surface area contributed by atoms with E-state index in [0.717, 1.165) is 47.9 Å². The number of aliphatic hydroxyl groups is 1. The van der Waals surface area contributed by atoms with Gasteiger partial charge in [-0.3, -0.25) is 14.4 Å². The average molecular weight is 542 g/mol. The zero-order valence-corrected chi connectivity index (χ0v) is 23.3. The van der Waals surface area contributed by atoms with Crippen LogP contribution in [0, 0.1) is 13.8 Å².